The molecule has 0 fully saturated rings. The predicted molar refractivity (Wildman–Crippen MR) is 112 cm³/mol. The Morgan fingerprint density at radius 2 is 1.66 bits per heavy atom. The Morgan fingerprint density at radius 1 is 0.931 bits per heavy atom. The molecular formula is C23H24N2O4. The molecule has 1 N–H and O–H groups in total. The Balaban J connectivity index is 1.60. The van der Waals surface area contributed by atoms with Crippen LogP contribution in [-0.2, 0) is 11.3 Å². The molecule has 2 amide bonds. The average Bonchev–Trinajstić information content (AvgIpc) is 2.76. The Labute approximate surface area is 170 Å². The standard InChI is InChI=1S/C23H24N2O4/c1-25(15-16-8-9-18-13-19(28-2)11-10-17(18)12-16)22(26)14-24-23(27)20-6-4-5-7-21(20)29-3/h4-13H,14-15H2,1-3H3,(H,24,27). The topological polar surface area (TPSA) is 67.9 Å². The smallest absolute Gasteiger partial charge is 0.255 e. The predicted octanol–water partition coefficient (Wildman–Crippen LogP) is 3.25. The number of rotatable bonds is 7. The fourth-order valence-electron chi connectivity index (χ4n) is 3.08. The maximum absolute atomic E-state index is 12.4. The zero-order valence-electron chi connectivity index (χ0n) is 16.8. The molecule has 6 heteroatoms. The molecule has 3 aromatic rings. The number of carbonyl (C=O) groups excluding carboxylic acids is 2. The molecule has 0 saturated carbocycles. The van der Waals surface area contributed by atoms with Gasteiger partial charge >= 0.3 is 0 Å². The molecule has 0 aliphatic rings. The molecule has 6 nitrogen and oxygen atoms in total. The molecule has 0 saturated heterocycles. The van der Waals surface area contributed by atoms with Gasteiger partial charge in [0.25, 0.3) is 5.91 Å². The summed E-state index contributed by atoms with van der Waals surface area (Å²) in [7, 11) is 4.86. The van der Waals surface area contributed by atoms with Crippen LogP contribution in [0, 0.1) is 0 Å². The molecule has 3 aromatic carbocycles. The van der Waals surface area contributed by atoms with Crippen molar-refractivity contribution in [3.05, 3.63) is 71.8 Å². The number of nitrogens with zero attached hydrogens (tertiary/aromatic N) is 1. The zero-order chi connectivity index (χ0) is 20.8. The van der Waals surface area contributed by atoms with Crippen LogP contribution < -0.4 is 14.8 Å². The number of hydrogen-bond acceptors (Lipinski definition) is 4. The minimum Gasteiger partial charge on any atom is -0.497 e. The van der Waals surface area contributed by atoms with Crippen LogP contribution in [0.1, 0.15) is 15.9 Å². The van der Waals surface area contributed by atoms with Crippen molar-refractivity contribution in [3.63, 3.8) is 0 Å². The summed E-state index contributed by atoms with van der Waals surface area (Å²) in [5, 5.41) is 4.81. The van der Waals surface area contributed by atoms with Gasteiger partial charge in [0.2, 0.25) is 5.91 Å². The van der Waals surface area contributed by atoms with Gasteiger partial charge in [-0.25, -0.2) is 0 Å². The lowest BCUT2D eigenvalue weighted by atomic mass is 10.1. The summed E-state index contributed by atoms with van der Waals surface area (Å²) >= 11 is 0. The van der Waals surface area contributed by atoms with Crippen molar-refractivity contribution >= 4 is 22.6 Å². The molecule has 0 heterocycles. The third kappa shape index (κ3) is 4.85. The van der Waals surface area contributed by atoms with Crippen molar-refractivity contribution in [2.45, 2.75) is 6.54 Å². The van der Waals surface area contributed by atoms with Gasteiger partial charge in [0, 0.05) is 13.6 Å². The summed E-state index contributed by atoms with van der Waals surface area (Å²) in [6.07, 6.45) is 0. The quantitative estimate of drug-likeness (QED) is 0.670. The van der Waals surface area contributed by atoms with Crippen molar-refractivity contribution in [1.29, 1.82) is 0 Å². The van der Waals surface area contributed by atoms with Gasteiger partial charge in [0.1, 0.15) is 11.5 Å². The molecule has 0 unspecified atom stereocenters. The Hall–Kier alpha value is -3.54. The average molecular weight is 392 g/mol. The highest BCUT2D eigenvalue weighted by molar-refractivity contribution is 5.98. The molecule has 0 bridgehead atoms. The van der Waals surface area contributed by atoms with E-state index in [1.54, 1.807) is 43.3 Å². The second-order valence-corrected chi connectivity index (χ2v) is 6.68. The van der Waals surface area contributed by atoms with Crippen LogP contribution >= 0.6 is 0 Å². The van der Waals surface area contributed by atoms with Crippen LogP contribution in [-0.4, -0.2) is 44.5 Å². The minimum atomic E-state index is -0.344. The normalized spacial score (nSPS) is 10.4. The minimum absolute atomic E-state index is 0.0852. The maximum Gasteiger partial charge on any atom is 0.255 e. The van der Waals surface area contributed by atoms with Crippen LogP contribution in [0.5, 0.6) is 11.5 Å². The molecule has 29 heavy (non-hydrogen) atoms. The third-order valence-electron chi connectivity index (χ3n) is 4.71. The van der Waals surface area contributed by atoms with E-state index in [1.165, 1.54) is 7.11 Å². The summed E-state index contributed by atoms with van der Waals surface area (Å²) in [6, 6.07) is 18.8. The summed E-state index contributed by atoms with van der Waals surface area (Å²) in [5.74, 6) is 0.758. The molecule has 150 valence electrons. The molecule has 0 radical (unpaired) electrons. The Kier molecular flexibility index (Phi) is 6.34. The molecule has 0 spiro atoms. The molecule has 0 aromatic heterocycles. The van der Waals surface area contributed by atoms with Crippen LogP contribution in [0.15, 0.2) is 60.7 Å². The fourth-order valence-corrected chi connectivity index (χ4v) is 3.08. The second-order valence-electron chi connectivity index (χ2n) is 6.68. The summed E-state index contributed by atoms with van der Waals surface area (Å²) in [4.78, 5) is 26.4. The van der Waals surface area contributed by atoms with Crippen LogP contribution in [0.4, 0.5) is 0 Å². The Morgan fingerprint density at radius 3 is 2.41 bits per heavy atom. The number of fused-ring (bicyclic) bond motifs is 1. The van der Waals surface area contributed by atoms with Crippen molar-refractivity contribution in [3.8, 4) is 11.5 Å². The Bertz CT molecular complexity index is 1030. The molecule has 3 rings (SSSR count). The van der Waals surface area contributed by atoms with Gasteiger partial charge < -0.3 is 19.7 Å². The van der Waals surface area contributed by atoms with E-state index in [0.29, 0.717) is 17.9 Å². The van der Waals surface area contributed by atoms with E-state index in [2.05, 4.69) is 5.32 Å². The highest BCUT2D eigenvalue weighted by Crippen LogP contribution is 2.22. The lowest BCUT2D eigenvalue weighted by Gasteiger charge is -2.18. The zero-order valence-corrected chi connectivity index (χ0v) is 16.8. The SMILES string of the molecule is COc1ccc2cc(CN(C)C(=O)CNC(=O)c3ccccc3OC)ccc2c1. The van der Waals surface area contributed by atoms with Crippen LogP contribution in [0.2, 0.25) is 0 Å². The number of nitrogens with one attached hydrogen (secondary N) is 1. The summed E-state index contributed by atoms with van der Waals surface area (Å²) in [6.45, 7) is 0.365. The largest absolute Gasteiger partial charge is 0.497 e. The number of amides is 2. The first-order valence-electron chi connectivity index (χ1n) is 9.23. The van der Waals surface area contributed by atoms with E-state index in [1.807, 2.05) is 36.4 Å². The van der Waals surface area contributed by atoms with E-state index in [0.717, 1.165) is 22.1 Å². The van der Waals surface area contributed by atoms with Crippen molar-refractivity contribution in [2.75, 3.05) is 27.8 Å². The first kappa shape index (κ1) is 20.2. The fraction of sp³-hybridized carbons (Fsp3) is 0.217. The third-order valence-corrected chi connectivity index (χ3v) is 4.71. The first-order chi connectivity index (χ1) is 14.0. The number of benzene rings is 3. The van der Waals surface area contributed by atoms with E-state index < -0.39 is 0 Å². The van der Waals surface area contributed by atoms with Gasteiger partial charge in [-0.15, -0.1) is 0 Å². The van der Waals surface area contributed by atoms with Crippen LogP contribution in [0.25, 0.3) is 10.8 Å². The van der Waals surface area contributed by atoms with Crippen LogP contribution in [0.3, 0.4) is 0 Å². The summed E-state index contributed by atoms with van der Waals surface area (Å²) in [5.41, 5.74) is 1.41. The number of carbonyl (C=O) groups is 2. The van der Waals surface area contributed by atoms with E-state index in [4.69, 9.17) is 9.47 Å². The molecule has 0 atom stereocenters. The van der Waals surface area contributed by atoms with Crippen molar-refractivity contribution < 1.29 is 19.1 Å². The second kappa shape index (κ2) is 9.10. The van der Waals surface area contributed by atoms with Gasteiger partial charge in [-0.1, -0.05) is 30.3 Å². The highest BCUT2D eigenvalue weighted by Gasteiger charge is 2.15. The van der Waals surface area contributed by atoms with Gasteiger partial charge in [-0.2, -0.15) is 0 Å². The van der Waals surface area contributed by atoms with Crippen molar-refractivity contribution in [1.82, 2.24) is 10.2 Å². The van der Waals surface area contributed by atoms with Crippen molar-refractivity contribution in [2.24, 2.45) is 0 Å². The number of ether oxygens (including phenoxy) is 2. The van der Waals surface area contributed by atoms with Gasteiger partial charge in [0.05, 0.1) is 26.3 Å². The molecule has 0 aliphatic heterocycles. The van der Waals surface area contributed by atoms with Gasteiger partial charge in [0.15, 0.2) is 0 Å². The summed E-state index contributed by atoms with van der Waals surface area (Å²) < 4.78 is 10.4. The first-order valence-corrected chi connectivity index (χ1v) is 9.23. The van der Waals surface area contributed by atoms with E-state index in [9.17, 15) is 9.59 Å². The van der Waals surface area contributed by atoms with Gasteiger partial charge in [-0.3, -0.25) is 9.59 Å². The number of hydrogen-bond donors (Lipinski definition) is 1. The molecule has 0 aliphatic carbocycles. The van der Waals surface area contributed by atoms with E-state index in [-0.39, 0.29) is 18.4 Å². The van der Waals surface area contributed by atoms with E-state index >= 15 is 0 Å². The monoisotopic (exact) mass is 392 g/mol. The number of para-hydroxylation sites is 1. The maximum atomic E-state index is 12.4. The molecular weight excluding hydrogens is 368 g/mol. The lowest BCUT2D eigenvalue weighted by Crippen LogP contribution is -2.37. The van der Waals surface area contributed by atoms with Gasteiger partial charge in [-0.05, 0) is 46.7 Å². The number of methoxy groups -OCH3 is 2. The number of likely N-dealkylation sites (N-methyl/N-ethyl adjacent to an activating group) is 1. The highest BCUT2D eigenvalue weighted by atomic mass is 16.5. The lowest BCUT2D eigenvalue weighted by molar-refractivity contribution is -0.129.